The molecule has 2 aliphatic carbocycles. The van der Waals surface area contributed by atoms with Gasteiger partial charge in [0.2, 0.25) is 5.91 Å². The van der Waals surface area contributed by atoms with Crippen LogP contribution in [0.15, 0.2) is 12.2 Å². The number of rotatable bonds is 2. The number of hydrogen-bond donors (Lipinski definition) is 1. The van der Waals surface area contributed by atoms with Crippen molar-refractivity contribution in [3.05, 3.63) is 12.2 Å². The molecule has 0 aromatic rings. The third-order valence-corrected chi connectivity index (χ3v) is 3.05. The largest absolute Gasteiger partial charge is 0.354 e. The maximum Gasteiger partial charge on any atom is 0.223 e. The summed E-state index contributed by atoms with van der Waals surface area (Å²) in [7, 11) is 0. The highest BCUT2D eigenvalue weighted by Crippen LogP contribution is 2.43. The maximum atomic E-state index is 11.7. The summed E-state index contributed by atoms with van der Waals surface area (Å²) in [5.41, 5.74) is 0. The Balaban J connectivity index is 1.95. The van der Waals surface area contributed by atoms with Crippen LogP contribution in [-0.2, 0) is 4.79 Å². The van der Waals surface area contributed by atoms with E-state index in [-0.39, 0.29) is 17.9 Å². The van der Waals surface area contributed by atoms with E-state index in [0.29, 0.717) is 11.8 Å². The number of fused-ring (bicyclic) bond motifs is 2. The molecule has 0 aliphatic heterocycles. The second kappa shape index (κ2) is 3.17. The Bertz CT molecular complexity index is 244. The molecule has 0 aromatic carbocycles. The van der Waals surface area contributed by atoms with Gasteiger partial charge in [-0.1, -0.05) is 12.2 Å². The lowest BCUT2D eigenvalue weighted by Crippen LogP contribution is -2.37. The number of carbonyl (C=O) groups excluding carboxylic acids is 1. The molecule has 1 saturated carbocycles. The molecule has 0 radical (unpaired) electrons. The summed E-state index contributed by atoms with van der Waals surface area (Å²) >= 11 is 0. The quantitative estimate of drug-likeness (QED) is 0.642. The van der Waals surface area contributed by atoms with Gasteiger partial charge in [-0.3, -0.25) is 4.79 Å². The molecule has 2 rings (SSSR count). The Morgan fingerprint density at radius 3 is 2.62 bits per heavy atom. The van der Waals surface area contributed by atoms with Crippen molar-refractivity contribution in [1.29, 1.82) is 0 Å². The van der Waals surface area contributed by atoms with Crippen LogP contribution in [0.3, 0.4) is 0 Å². The zero-order chi connectivity index (χ0) is 9.42. The van der Waals surface area contributed by atoms with Gasteiger partial charge in [0.15, 0.2) is 0 Å². The summed E-state index contributed by atoms with van der Waals surface area (Å²) in [6.07, 6.45) is 6.76. The molecule has 1 N–H and O–H groups in total. The minimum absolute atomic E-state index is 0.256. The van der Waals surface area contributed by atoms with E-state index in [1.54, 1.807) is 0 Å². The predicted molar refractivity (Wildman–Crippen MR) is 52.1 cm³/mol. The van der Waals surface area contributed by atoms with Gasteiger partial charge in [-0.2, -0.15) is 0 Å². The lowest BCUT2D eigenvalue weighted by Gasteiger charge is -2.19. The number of hydrogen-bond acceptors (Lipinski definition) is 1. The van der Waals surface area contributed by atoms with Crippen LogP contribution in [0.4, 0.5) is 0 Å². The van der Waals surface area contributed by atoms with Crippen LogP contribution in [0.25, 0.3) is 0 Å². The van der Waals surface area contributed by atoms with E-state index >= 15 is 0 Å². The molecular weight excluding hydrogens is 162 g/mol. The van der Waals surface area contributed by atoms with Crippen molar-refractivity contribution in [3.63, 3.8) is 0 Å². The van der Waals surface area contributed by atoms with Gasteiger partial charge >= 0.3 is 0 Å². The molecule has 13 heavy (non-hydrogen) atoms. The third-order valence-electron chi connectivity index (χ3n) is 3.05. The van der Waals surface area contributed by atoms with Crippen LogP contribution in [0.2, 0.25) is 0 Å². The van der Waals surface area contributed by atoms with Gasteiger partial charge in [-0.05, 0) is 38.5 Å². The van der Waals surface area contributed by atoms with Gasteiger partial charge in [0.1, 0.15) is 0 Å². The second-order valence-corrected chi connectivity index (χ2v) is 4.55. The molecule has 0 spiro atoms. The van der Waals surface area contributed by atoms with Crippen molar-refractivity contribution >= 4 is 5.91 Å². The summed E-state index contributed by atoms with van der Waals surface area (Å²) in [6, 6.07) is 0.274. The van der Waals surface area contributed by atoms with Gasteiger partial charge in [0.25, 0.3) is 0 Å². The highest BCUT2D eigenvalue weighted by Gasteiger charge is 2.39. The minimum atomic E-state index is 0.256. The van der Waals surface area contributed by atoms with Crippen LogP contribution in [0.1, 0.15) is 26.7 Å². The van der Waals surface area contributed by atoms with Crippen molar-refractivity contribution in [2.24, 2.45) is 17.8 Å². The van der Waals surface area contributed by atoms with Gasteiger partial charge in [0.05, 0.1) is 0 Å². The summed E-state index contributed by atoms with van der Waals surface area (Å²) in [5, 5.41) is 3.00. The van der Waals surface area contributed by atoms with Crippen LogP contribution in [0.5, 0.6) is 0 Å². The van der Waals surface area contributed by atoms with Crippen molar-refractivity contribution < 1.29 is 4.79 Å². The summed E-state index contributed by atoms with van der Waals surface area (Å²) in [4.78, 5) is 11.7. The molecular formula is C11H17NO. The number of nitrogens with one attached hydrogen (secondary N) is 1. The van der Waals surface area contributed by atoms with Crippen molar-refractivity contribution in [3.8, 4) is 0 Å². The van der Waals surface area contributed by atoms with Gasteiger partial charge in [-0.25, -0.2) is 0 Å². The van der Waals surface area contributed by atoms with Crippen LogP contribution >= 0.6 is 0 Å². The van der Waals surface area contributed by atoms with Crippen LogP contribution < -0.4 is 5.32 Å². The average Bonchev–Trinajstić information content (AvgIpc) is 2.62. The molecule has 1 amide bonds. The van der Waals surface area contributed by atoms with E-state index in [2.05, 4.69) is 17.5 Å². The van der Waals surface area contributed by atoms with E-state index in [0.717, 1.165) is 6.42 Å². The fourth-order valence-electron chi connectivity index (χ4n) is 2.47. The van der Waals surface area contributed by atoms with E-state index in [4.69, 9.17) is 0 Å². The maximum absolute atomic E-state index is 11.7. The fraction of sp³-hybridized carbons (Fsp3) is 0.727. The summed E-state index contributed by atoms with van der Waals surface area (Å²) in [5.74, 6) is 1.74. The first-order valence-corrected chi connectivity index (χ1v) is 5.15. The zero-order valence-electron chi connectivity index (χ0n) is 8.29. The number of allylic oxidation sites excluding steroid dienone is 2. The first-order valence-electron chi connectivity index (χ1n) is 5.15. The zero-order valence-corrected chi connectivity index (χ0v) is 8.29. The Kier molecular flexibility index (Phi) is 2.14. The Labute approximate surface area is 79.4 Å². The summed E-state index contributed by atoms with van der Waals surface area (Å²) in [6.45, 7) is 4.03. The number of amides is 1. The lowest BCUT2D eigenvalue weighted by atomic mass is 9.92. The van der Waals surface area contributed by atoms with Gasteiger partial charge in [-0.15, -0.1) is 0 Å². The van der Waals surface area contributed by atoms with Gasteiger partial charge in [0, 0.05) is 12.0 Å². The van der Waals surface area contributed by atoms with Gasteiger partial charge < -0.3 is 5.32 Å². The van der Waals surface area contributed by atoms with E-state index in [9.17, 15) is 4.79 Å². The van der Waals surface area contributed by atoms with Crippen LogP contribution in [0, 0.1) is 17.8 Å². The SMILES string of the molecule is CC(C)NC(=O)[C@H]1C[C@@H]2C=C[C@H]1C2. The molecule has 0 unspecified atom stereocenters. The van der Waals surface area contributed by atoms with E-state index in [1.165, 1.54) is 6.42 Å². The van der Waals surface area contributed by atoms with E-state index < -0.39 is 0 Å². The molecule has 1 fully saturated rings. The second-order valence-electron chi connectivity index (χ2n) is 4.55. The monoisotopic (exact) mass is 179 g/mol. The predicted octanol–water partition coefficient (Wildman–Crippen LogP) is 1.72. The smallest absolute Gasteiger partial charge is 0.223 e. The van der Waals surface area contributed by atoms with Crippen molar-refractivity contribution in [1.82, 2.24) is 5.32 Å². The Morgan fingerprint density at radius 2 is 2.15 bits per heavy atom. The Hall–Kier alpha value is -0.790. The highest BCUT2D eigenvalue weighted by atomic mass is 16.1. The molecule has 0 saturated heterocycles. The molecule has 2 heteroatoms. The highest BCUT2D eigenvalue weighted by molar-refractivity contribution is 5.80. The molecule has 0 aromatic heterocycles. The third kappa shape index (κ3) is 1.62. The summed E-state index contributed by atoms with van der Waals surface area (Å²) < 4.78 is 0. The lowest BCUT2D eigenvalue weighted by molar-refractivity contribution is -0.126. The molecule has 2 aliphatic rings. The fourth-order valence-corrected chi connectivity index (χ4v) is 2.47. The number of carbonyl (C=O) groups is 1. The molecule has 2 nitrogen and oxygen atoms in total. The molecule has 0 heterocycles. The minimum Gasteiger partial charge on any atom is -0.354 e. The van der Waals surface area contributed by atoms with Crippen molar-refractivity contribution in [2.75, 3.05) is 0 Å². The Morgan fingerprint density at radius 1 is 1.38 bits per heavy atom. The standard InChI is InChI=1S/C11H17NO/c1-7(2)12-11(13)10-6-8-3-4-9(10)5-8/h3-4,7-10H,5-6H2,1-2H3,(H,12,13)/t8-,9+,10+/m1/s1. The van der Waals surface area contributed by atoms with E-state index in [1.807, 2.05) is 13.8 Å². The van der Waals surface area contributed by atoms with Crippen LogP contribution in [-0.4, -0.2) is 11.9 Å². The normalized spacial score (nSPS) is 35.8. The van der Waals surface area contributed by atoms with Crippen molar-refractivity contribution in [2.45, 2.75) is 32.7 Å². The molecule has 2 bridgehead atoms. The first-order chi connectivity index (χ1) is 6.16. The average molecular weight is 179 g/mol. The topological polar surface area (TPSA) is 29.1 Å². The molecule has 3 atom stereocenters. The first kappa shape index (κ1) is 8.79. The molecule has 72 valence electrons.